The van der Waals surface area contributed by atoms with Crippen molar-refractivity contribution in [2.75, 3.05) is 6.61 Å². The van der Waals surface area contributed by atoms with Crippen molar-refractivity contribution in [1.82, 2.24) is 15.0 Å². The van der Waals surface area contributed by atoms with E-state index in [4.69, 9.17) is 10.5 Å². The molecule has 33 heavy (non-hydrogen) atoms. The molecule has 4 heterocycles. The van der Waals surface area contributed by atoms with Gasteiger partial charge in [-0.05, 0) is 55.7 Å². The maximum Gasteiger partial charge on any atom is 0.264 e. The first-order valence-electron chi connectivity index (χ1n) is 10.3. The number of benzene rings is 1. The van der Waals surface area contributed by atoms with E-state index in [9.17, 15) is 18.0 Å². The molecule has 1 aliphatic rings. The van der Waals surface area contributed by atoms with Gasteiger partial charge in [0.05, 0.1) is 17.9 Å². The SMILES string of the molecule is Cc1c[nH]c2nccc(-c3ccc(C(N)=O)cn3)c12.Fc1cc(C(F)F)cc2c1CCCO2. The Morgan fingerprint density at radius 2 is 2.03 bits per heavy atom. The molecular weight excluding hydrogens is 433 g/mol. The highest BCUT2D eigenvalue weighted by molar-refractivity contribution is 5.96. The van der Waals surface area contributed by atoms with E-state index in [1.54, 1.807) is 18.3 Å². The smallest absolute Gasteiger partial charge is 0.264 e. The second kappa shape index (κ2) is 9.32. The molecule has 4 aromatic rings. The summed E-state index contributed by atoms with van der Waals surface area (Å²) in [5, 5.41) is 1.04. The zero-order chi connectivity index (χ0) is 23.5. The minimum absolute atomic E-state index is 0.270. The van der Waals surface area contributed by atoms with Gasteiger partial charge in [0.2, 0.25) is 5.91 Å². The number of fused-ring (bicyclic) bond motifs is 2. The maximum atomic E-state index is 13.3. The van der Waals surface area contributed by atoms with Gasteiger partial charge in [0, 0.05) is 40.7 Å². The highest BCUT2D eigenvalue weighted by Gasteiger charge is 2.19. The highest BCUT2D eigenvalue weighted by atomic mass is 19.3. The summed E-state index contributed by atoms with van der Waals surface area (Å²) in [7, 11) is 0. The van der Waals surface area contributed by atoms with Gasteiger partial charge < -0.3 is 15.5 Å². The van der Waals surface area contributed by atoms with Gasteiger partial charge in [0.15, 0.2) is 0 Å². The maximum absolute atomic E-state index is 13.3. The predicted octanol–water partition coefficient (Wildman–Crippen LogP) is 5.12. The molecule has 0 unspecified atom stereocenters. The Balaban J connectivity index is 0.000000165. The number of primary amides is 1. The molecular formula is C24H21F3N4O2. The van der Waals surface area contributed by atoms with Gasteiger partial charge in [-0.3, -0.25) is 9.78 Å². The molecule has 1 amide bonds. The van der Waals surface area contributed by atoms with E-state index in [0.717, 1.165) is 40.3 Å². The van der Waals surface area contributed by atoms with Crippen LogP contribution in [0.25, 0.3) is 22.3 Å². The number of aromatic nitrogens is 3. The van der Waals surface area contributed by atoms with Crippen LogP contribution in [-0.4, -0.2) is 27.5 Å². The van der Waals surface area contributed by atoms with Gasteiger partial charge in [-0.15, -0.1) is 0 Å². The summed E-state index contributed by atoms with van der Waals surface area (Å²) < 4.78 is 43.0. The average Bonchev–Trinajstić information content (AvgIpc) is 3.20. The molecule has 5 rings (SSSR count). The number of alkyl halides is 2. The van der Waals surface area contributed by atoms with Crippen LogP contribution in [0.5, 0.6) is 5.75 Å². The number of carbonyl (C=O) groups is 1. The summed E-state index contributed by atoms with van der Waals surface area (Å²) in [4.78, 5) is 22.7. The number of aryl methyl sites for hydroxylation is 1. The number of hydrogen-bond donors (Lipinski definition) is 2. The molecule has 0 aliphatic carbocycles. The second-order valence-electron chi connectivity index (χ2n) is 7.58. The predicted molar refractivity (Wildman–Crippen MR) is 118 cm³/mol. The van der Waals surface area contributed by atoms with Crippen LogP contribution in [0.3, 0.4) is 0 Å². The Hall–Kier alpha value is -3.88. The highest BCUT2D eigenvalue weighted by Crippen LogP contribution is 2.32. The fourth-order valence-electron chi connectivity index (χ4n) is 3.69. The van der Waals surface area contributed by atoms with Crippen molar-refractivity contribution in [3.8, 4) is 17.0 Å². The van der Waals surface area contributed by atoms with Gasteiger partial charge in [0.25, 0.3) is 6.43 Å². The molecule has 0 saturated heterocycles. The summed E-state index contributed by atoms with van der Waals surface area (Å²) in [5.74, 6) is -0.791. The van der Waals surface area contributed by atoms with Crippen LogP contribution in [0.2, 0.25) is 0 Å². The summed E-state index contributed by atoms with van der Waals surface area (Å²) in [6.07, 6.45) is 3.78. The molecule has 3 aromatic heterocycles. The molecule has 0 saturated carbocycles. The minimum atomic E-state index is -2.65. The largest absolute Gasteiger partial charge is 0.493 e. The number of carbonyl (C=O) groups excluding carboxylic acids is 1. The number of ether oxygens (including phenoxy) is 1. The molecule has 170 valence electrons. The normalized spacial score (nSPS) is 12.6. The fraction of sp³-hybridized carbons (Fsp3) is 0.208. The van der Waals surface area contributed by atoms with E-state index in [1.807, 2.05) is 19.2 Å². The third-order valence-electron chi connectivity index (χ3n) is 5.35. The van der Waals surface area contributed by atoms with Crippen molar-refractivity contribution < 1.29 is 22.7 Å². The summed E-state index contributed by atoms with van der Waals surface area (Å²) in [5.41, 5.74) is 9.43. The van der Waals surface area contributed by atoms with Crippen molar-refractivity contribution >= 4 is 16.9 Å². The van der Waals surface area contributed by atoms with Gasteiger partial charge in [0.1, 0.15) is 17.2 Å². The van der Waals surface area contributed by atoms with Crippen LogP contribution in [0.15, 0.2) is 48.9 Å². The van der Waals surface area contributed by atoms with Crippen LogP contribution in [0.4, 0.5) is 13.2 Å². The third-order valence-corrected chi connectivity index (χ3v) is 5.35. The molecule has 0 radical (unpaired) electrons. The van der Waals surface area contributed by atoms with E-state index < -0.39 is 18.1 Å². The van der Waals surface area contributed by atoms with Crippen LogP contribution in [0, 0.1) is 12.7 Å². The summed E-state index contributed by atoms with van der Waals surface area (Å²) >= 11 is 0. The lowest BCUT2D eigenvalue weighted by atomic mass is 10.0. The molecule has 1 aromatic carbocycles. The first-order chi connectivity index (χ1) is 15.8. The molecule has 0 fully saturated rings. The van der Waals surface area contributed by atoms with Gasteiger partial charge >= 0.3 is 0 Å². The van der Waals surface area contributed by atoms with Crippen molar-refractivity contribution in [2.24, 2.45) is 5.73 Å². The van der Waals surface area contributed by atoms with Gasteiger partial charge in [-0.2, -0.15) is 0 Å². The number of aromatic amines is 1. The Morgan fingerprint density at radius 3 is 2.73 bits per heavy atom. The number of nitrogens with one attached hydrogen (secondary N) is 1. The van der Waals surface area contributed by atoms with Gasteiger partial charge in [-0.25, -0.2) is 18.2 Å². The summed E-state index contributed by atoms with van der Waals surface area (Å²) in [6, 6.07) is 7.50. The summed E-state index contributed by atoms with van der Waals surface area (Å²) in [6.45, 7) is 2.49. The lowest BCUT2D eigenvalue weighted by Crippen LogP contribution is -2.10. The number of H-pyrrole nitrogens is 1. The van der Waals surface area contributed by atoms with E-state index >= 15 is 0 Å². The third kappa shape index (κ3) is 4.67. The first-order valence-corrected chi connectivity index (χ1v) is 10.3. The Labute approximate surface area is 187 Å². The number of rotatable bonds is 3. The van der Waals surface area contributed by atoms with Crippen LogP contribution >= 0.6 is 0 Å². The average molecular weight is 454 g/mol. The van der Waals surface area contributed by atoms with Gasteiger partial charge in [-0.1, -0.05) is 0 Å². The molecule has 3 N–H and O–H groups in total. The van der Waals surface area contributed by atoms with E-state index in [2.05, 4.69) is 15.0 Å². The number of nitrogens with zero attached hydrogens (tertiary/aromatic N) is 2. The monoisotopic (exact) mass is 454 g/mol. The Morgan fingerprint density at radius 1 is 1.21 bits per heavy atom. The van der Waals surface area contributed by atoms with Crippen molar-refractivity contribution in [3.05, 3.63) is 77.0 Å². The van der Waals surface area contributed by atoms with Crippen molar-refractivity contribution in [2.45, 2.75) is 26.2 Å². The molecule has 1 aliphatic heterocycles. The molecule has 0 spiro atoms. The van der Waals surface area contributed by atoms with Crippen molar-refractivity contribution in [3.63, 3.8) is 0 Å². The van der Waals surface area contributed by atoms with E-state index in [0.29, 0.717) is 24.2 Å². The Bertz CT molecular complexity index is 1300. The zero-order valence-electron chi connectivity index (χ0n) is 17.7. The minimum Gasteiger partial charge on any atom is -0.493 e. The number of amides is 1. The molecule has 9 heteroatoms. The Kier molecular flexibility index (Phi) is 6.30. The number of hydrogen-bond acceptors (Lipinski definition) is 4. The van der Waals surface area contributed by atoms with E-state index in [1.165, 1.54) is 12.3 Å². The first kappa shape index (κ1) is 22.3. The lowest BCUT2D eigenvalue weighted by Gasteiger charge is -2.18. The van der Waals surface area contributed by atoms with Crippen LogP contribution in [0.1, 0.15) is 39.9 Å². The number of nitrogens with two attached hydrogens (primary N) is 1. The fourth-order valence-corrected chi connectivity index (χ4v) is 3.69. The second-order valence-corrected chi connectivity index (χ2v) is 7.58. The lowest BCUT2D eigenvalue weighted by molar-refractivity contribution is 0.1000. The van der Waals surface area contributed by atoms with Crippen LogP contribution < -0.4 is 10.5 Å². The quantitative estimate of drug-likeness (QED) is 0.449. The van der Waals surface area contributed by atoms with E-state index in [-0.39, 0.29) is 11.3 Å². The molecule has 0 atom stereocenters. The topological polar surface area (TPSA) is 93.9 Å². The van der Waals surface area contributed by atoms with Crippen molar-refractivity contribution in [1.29, 1.82) is 0 Å². The van der Waals surface area contributed by atoms with Crippen LogP contribution in [-0.2, 0) is 6.42 Å². The number of halogens is 3. The molecule has 0 bridgehead atoms. The molecule has 6 nitrogen and oxygen atoms in total. The standard InChI is InChI=1S/C14H12N4O.C10H9F3O/c1-8-6-18-14-12(8)10(4-5-16-14)11-3-2-9(7-17-11)13(15)19;11-8-4-6(10(12)13)5-9-7(8)2-1-3-14-9/h2-7H,1H3,(H2,15,19)(H,16,18);4-5,10H,1-3H2. The zero-order valence-corrected chi connectivity index (χ0v) is 17.7. The number of pyridine rings is 2.